The van der Waals surface area contributed by atoms with Crippen molar-refractivity contribution in [3.8, 4) is 0 Å². The molecule has 0 unspecified atom stereocenters. The van der Waals surface area contributed by atoms with E-state index in [0.29, 0.717) is 18.0 Å². The second-order valence-electron chi connectivity index (χ2n) is 7.48. The fourth-order valence-electron chi connectivity index (χ4n) is 3.56. The second kappa shape index (κ2) is 12.2. The number of carbonyl (C=O) groups excluding carboxylic acids is 1. The highest BCUT2D eigenvalue weighted by Crippen LogP contribution is 2.33. The molecule has 9 heteroatoms. The number of rotatable bonds is 8. The molecular formula is C23H27Cl2N3O2S2. The van der Waals surface area contributed by atoms with Crippen molar-refractivity contribution in [2.24, 2.45) is 0 Å². The summed E-state index contributed by atoms with van der Waals surface area (Å²) in [4.78, 5) is 23.5. The van der Waals surface area contributed by atoms with Gasteiger partial charge in [0, 0.05) is 48.3 Å². The average Bonchev–Trinajstić information content (AvgIpc) is 3.19. The van der Waals surface area contributed by atoms with Crippen LogP contribution in [0.1, 0.15) is 12.0 Å². The van der Waals surface area contributed by atoms with Crippen molar-refractivity contribution >= 4 is 68.4 Å². The van der Waals surface area contributed by atoms with Gasteiger partial charge in [0.1, 0.15) is 0 Å². The molecule has 0 bridgehead atoms. The molecule has 1 aliphatic rings. The first-order valence-electron chi connectivity index (χ1n) is 10.4. The van der Waals surface area contributed by atoms with E-state index in [2.05, 4.69) is 17.0 Å². The number of thiazole rings is 1. The molecule has 0 aliphatic carbocycles. The van der Waals surface area contributed by atoms with Crippen molar-refractivity contribution in [2.45, 2.75) is 18.2 Å². The zero-order valence-electron chi connectivity index (χ0n) is 18.0. The van der Waals surface area contributed by atoms with E-state index in [1.165, 1.54) is 16.2 Å². The molecule has 1 amide bonds. The Morgan fingerprint density at radius 1 is 1.25 bits per heavy atom. The van der Waals surface area contributed by atoms with Gasteiger partial charge in [-0.15, -0.1) is 24.2 Å². The highest BCUT2D eigenvalue weighted by molar-refractivity contribution is 7.99. The third-order valence-electron chi connectivity index (χ3n) is 5.24. The van der Waals surface area contributed by atoms with E-state index >= 15 is 0 Å². The summed E-state index contributed by atoms with van der Waals surface area (Å²) in [5.74, 6) is 0.853. The van der Waals surface area contributed by atoms with Crippen molar-refractivity contribution < 1.29 is 9.53 Å². The van der Waals surface area contributed by atoms with Crippen LogP contribution in [0.4, 0.5) is 5.13 Å². The Hall–Kier alpha value is -1.35. The third kappa shape index (κ3) is 6.59. The van der Waals surface area contributed by atoms with Crippen LogP contribution in [0.5, 0.6) is 0 Å². The van der Waals surface area contributed by atoms with Crippen molar-refractivity contribution in [2.75, 3.05) is 50.0 Å². The number of aryl methyl sites for hydroxylation is 1. The van der Waals surface area contributed by atoms with Crippen molar-refractivity contribution in [1.29, 1.82) is 0 Å². The molecule has 5 nitrogen and oxygen atoms in total. The Bertz CT molecular complexity index is 1030. The fraction of sp³-hybridized carbons (Fsp3) is 0.391. The van der Waals surface area contributed by atoms with Gasteiger partial charge in [-0.1, -0.05) is 41.1 Å². The van der Waals surface area contributed by atoms with Crippen LogP contribution in [-0.2, 0) is 9.53 Å². The molecule has 0 radical (unpaired) electrons. The summed E-state index contributed by atoms with van der Waals surface area (Å²) in [6, 6.07) is 14.0. The number of nitrogens with zero attached hydrogens (tertiary/aromatic N) is 3. The molecular weight excluding hydrogens is 485 g/mol. The van der Waals surface area contributed by atoms with Crippen molar-refractivity contribution in [1.82, 2.24) is 9.88 Å². The lowest BCUT2D eigenvalue weighted by atomic mass is 10.2. The molecule has 1 fully saturated rings. The Morgan fingerprint density at radius 2 is 2.00 bits per heavy atom. The number of anilines is 1. The molecule has 2 heterocycles. The number of ether oxygens (including phenoxy) is 1. The first-order valence-corrected chi connectivity index (χ1v) is 12.6. The molecule has 0 atom stereocenters. The van der Waals surface area contributed by atoms with E-state index in [4.69, 9.17) is 21.3 Å². The minimum Gasteiger partial charge on any atom is -0.379 e. The van der Waals surface area contributed by atoms with Crippen LogP contribution in [0.25, 0.3) is 10.2 Å². The zero-order chi connectivity index (χ0) is 21.6. The Labute approximate surface area is 208 Å². The second-order valence-corrected chi connectivity index (χ2v) is 10.1. The van der Waals surface area contributed by atoms with E-state index < -0.39 is 0 Å². The molecule has 1 aromatic heterocycles. The van der Waals surface area contributed by atoms with Crippen LogP contribution in [-0.4, -0.2) is 60.9 Å². The van der Waals surface area contributed by atoms with Crippen LogP contribution in [0, 0.1) is 6.92 Å². The lowest BCUT2D eigenvalue weighted by Crippen LogP contribution is -2.43. The lowest BCUT2D eigenvalue weighted by molar-refractivity contribution is -0.118. The first-order chi connectivity index (χ1) is 15.1. The summed E-state index contributed by atoms with van der Waals surface area (Å²) in [6.45, 7) is 6.76. The van der Waals surface area contributed by atoms with Crippen LogP contribution in [0.15, 0.2) is 47.4 Å². The highest BCUT2D eigenvalue weighted by atomic mass is 35.5. The van der Waals surface area contributed by atoms with Gasteiger partial charge in [-0.05, 0) is 36.8 Å². The first kappa shape index (κ1) is 25.3. The molecule has 4 rings (SSSR count). The van der Waals surface area contributed by atoms with Gasteiger partial charge in [-0.25, -0.2) is 4.98 Å². The summed E-state index contributed by atoms with van der Waals surface area (Å²) in [5, 5.41) is 1.45. The van der Waals surface area contributed by atoms with Gasteiger partial charge in [0.15, 0.2) is 5.13 Å². The number of carbonyl (C=O) groups is 1. The van der Waals surface area contributed by atoms with Gasteiger partial charge >= 0.3 is 0 Å². The molecule has 0 spiro atoms. The van der Waals surface area contributed by atoms with Gasteiger partial charge < -0.3 is 4.74 Å². The normalized spacial score (nSPS) is 14.3. The predicted molar refractivity (Wildman–Crippen MR) is 138 cm³/mol. The van der Waals surface area contributed by atoms with E-state index in [9.17, 15) is 4.79 Å². The lowest BCUT2D eigenvalue weighted by Gasteiger charge is -2.29. The molecule has 1 saturated heterocycles. The largest absolute Gasteiger partial charge is 0.379 e. The van der Waals surface area contributed by atoms with Gasteiger partial charge in [0.25, 0.3) is 0 Å². The van der Waals surface area contributed by atoms with Gasteiger partial charge in [-0.2, -0.15) is 0 Å². The summed E-state index contributed by atoms with van der Waals surface area (Å²) in [5.41, 5.74) is 1.96. The van der Waals surface area contributed by atoms with Crippen molar-refractivity contribution in [3.05, 3.63) is 53.1 Å². The number of halogens is 2. The number of hydrogen-bond donors (Lipinski definition) is 0. The van der Waals surface area contributed by atoms with Gasteiger partial charge in [0.2, 0.25) is 5.91 Å². The minimum atomic E-state index is 0. The number of fused-ring (bicyclic) bond motifs is 1. The highest BCUT2D eigenvalue weighted by Gasteiger charge is 2.22. The SMILES string of the molecule is Cc1cc(Cl)cc2sc(N(CCN3CCOCC3)C(=O)CCSc3ccccc3)nc12.Cl. The summed E-state index contributed by atoms with van der Waals surface area (Å²) in [6.07, 6.45) is 0.471. The fourth-order valence-corrected chi connectivity index (χ4v) is 5.88. The van der Waals surface area contributed by atoms with E-state index in [1.54, 1.807) is 11.8 Å². The Balaban J connectivity index is 0.00000289. The van der Waals surface area contributed by atoms with Crippen LogP contribution in [0.2, 0.25) is 5.02 Å². The van der Waals surface area contributed by atoms with E-state index in [-0.39, 0.29) is 18.3 Å². The Morgan fingerprint density at radius 3 is 2.75 bits per heavy atom. The van der Waals surface area contributed by atoms with Crippen molar-refractivity contribution in [3.63, 3.8) is 0 Å². The summed E-state index contributed by atoms with van der Waals surface area (Å²) < 4.78 is 6.47. The molecule has 172 valence electrons. The van der Waals surface area contributed by atoms with E-state index in [1.807, 2.05) is 42.2 Å². The number of morpholine rings is 1. The maximum Gasteiger partial charge on any atom is 0.229 e. The number of aromatic nitrogens is 1. The predicted octanol–water partition coefficient (Wildman–Crippen LogP) is 5.53. The maximum absolute atomic E-state index is 13.2. The van der Waals surface area contributed by atoms with E-state index in [0.717, 1.165) is 59.5 Å². The minimum absolute atomic E-state index is 0. The quantitative estimate of drug-likeness (QED) is 0.372. The van der Waals surface area contributed by atoms with Gasteiger partial charge in [-0.3, -0.25) is 14.6 Å². The van der Waals surface area contributed by atoms with Crippen LogP contribution < -0.4 is 4.90 Å². The molecule has 3 aromatic rings. The molecule has 32 heavy (non-hydrogen) atoms. The molecule has 2 aromatic carbocycles. The molecule has 0 saturated carbocycles. The molecule has 1 aliphatic heterocycles. The monoisotopic (exact) mass is 511 g/mol. The smallest absolute Gasteiger partial charge is 0.229 e. The number of hydrogen-bond acceptors (Lipinski definition) is 6. The Kier molecular flexibility index (Phi) is 9.64. The topological polar surface area (TPSA) is 45.7 Å². The standard InChI is InChI=1S/C23H26ClN3O2S2.ClH/c1-17-15-18(24)16-20-22(17)25-23(31-20)27(9-8-26-10-12-29-13-11-26)21(28)7-14-30-19-5-3-2-4-6-19;/h2-6,15-16H,7-14H2,1H3;1H. The molecule has 0 N–H and O–H groups in total. The van der Waals surface area contributed by atoms with Crippen LogP contribution >= 0.6 is 47.1 Å². The van der Waals surface area contributed by atoms with Gasteiger partial charge in [0.05, 0.1) is 23.4 Å². The van der Waals surface area contributed by atoms with Crippen LogP contribution in [0.3, 0.4) is 0 Å². The third-order valence-corrected chi connectivity index (χ3v) is 7.50. The summed E-state index contributed by atoms with van der Waals surface area (Å²) >= 11 is 9.49. The average molecular weight is 513 g/mol. The number of amides is 1. The summed E-state index contributed by atoms with van der Waals surface area (Å²) in [7, 11) is 0. The maximum atomic E-state index is 13.2. The zero-order valence-corrected chi connectivity index (χ0v) is 21.2. The number of thioether (sulfide) groups is 1. The number of benzene rings is 2.